The lowest BCUT2D eigenvalue weighted by molar-refractivity contribution is -0.117. The summed E-state index contributed by atoms with van der Waals surface area (Å²) in [5, 5.41) is 3.30. The van der Waals surface area contributed by atoms with Crippen molar-refractivity contribution in [2.75, 3.05) is 6.54 Å². The molecule has 0 aliphatic heterocycles. The number of hydrogen-bond donors (Lipinski definition) is 1. The molecule has 1 rings (SSSR count). The fourth-order valence-electron chi connectivity index (χ4n) is 1.79. The molecular formula is C11H19NO. The quantitative estimate of drug-likeness (QED) is 0.658. The molecule has 0 atom stereocenters. The van der Waals surface area contributed by atoms with Gasteiger partial charge in [-0.25, -0.2) is 0 Å². The zero-order valence-electron chi connectivity index (χ0n) is 8.44. The topological polar surface area (TPSA) is 29.1 Å². The Morgan fingerprint density at radius 3 is 2.62 bits per heavy atom. The van der Waals surface area contributed by atoms with Gasteiger partial charge in [0.05, 0.1) is 6.54 Å². The van der Waals surface area contributed by atoms with Gasteiger partial charge in [0.2, 0.25) is 0 Å². The van der Waals surface area contributed by atoms with E-state index >= 15 is 0 Å². The van der Waals surface area contributed by atoms with Gasteiger partial charge in [-0.05, 0) is 19.8 Å². The maximum absolute atomic E-state index is 11.3. The molecule has 0 saturated heterocycles. The summed E-state index contributed by atoms with van der Waals surface area (Å²) < 4.78 is 0. The number of allylic oxidation sites excluding steroid dienone is 1. The van der Waals surface area contributed by atoms with Crippen LogP contribution in [0.5, 0.6) is 0 Å². The van der Waals surface area contributed by atoms with Gasteiger partial charge in [0.15, 0.2) is 5.78 Å². The van der Waals surface area contributed by atoms with Crippen LogP contribution >= 0.6 is 0 Å². The first-order chi connectivity index (χ1) is 6.18. The number of ketones is 1. The second kappa shape index (κ2) is 5.18. The molecule has 0 aromatic heterocycles. The van der Waals surface area contributed by atoms with E-state index in [0.717, 1.165) is 5.57 Å². The Hall–Kier alpha value is -0.630. The zero-order valence-corrected chi connectivity index (χ0v) is 8.44. The minimum atomic E-state index is 0.263. The maximum atomic E-state index is 11.3. The number of rotatable bonds is 5. The highest BCUT2D eigenvalue weighted by Crippen LogP contribution is 2.17. The maximum Gasteiger partial charge on any atom is 0.150 e. The third-order valence-corrected chi connectivity index (χ3v) is 2.44. The highest BCUT2D eigenvalue weighted by molar-refractivity contribution is 5.82. The molecule has 2 nitrogen and oxygen atoms in total. The van der Waals surface area contributed by atoms with E-state index in [1.54, 1.807) is 0 Å². The summed E-state index contributed by atoms with van der Waals surface area (Å²) in [6, 6.07) is 0.592. The summed E-state index contributed by atoms with van der Waals surface area (Å²) in [6.45, 7) is 6.15. The first kappa shape index (κ1) is 10.5. The number of hydrogen-bond acceptors (Lipinski definition) is 2. The molecular weight excluding hydrogens is 162 g/mol. The van der Waals surface area contributed by atoms with Gasteiger partial charge in [-0.3, -0.25) is 4.79 Å². The summed E-state index contributed by atoms with van der Waals surface area (Å²) in [7, 11) is 0. The lowest BCUT2D eigenvalue weighted by Crippen LogP contribution is -2.31. The van der Waals surface area contributed by atoms with Crippen LogP contribution < -0.4 is 5.32 Å². The zero-order chi connectivity index (χ0) is 9.68. The van der Waals surface area contributed by atoms with Crippen LogP contribution in [0.15, 0.2) is 12.2 Å². The van der Waals surface area contributed by atoms with E-state index in [9.17, 15) is 4.79 Å². The normalized spacial score (nSPS) is 17.6. The van der Waals surface area contributed by atoms with Gasteiger partial charge in [0, 0.05) is 12.5 Å². The number of carbonyl (C=O) groups excluding carboxylic acids is 1. The van der Waals surface area contributed by atoms with Gasteiger partial charge < -0.3 is 5.32 Å². The van der Waals surface area contributed by atoms with Gasteiger partial charge in [-0.1, -0.05) is 25.0 Å². The molecule has 0 bridgehead atoms. The molecule has 0 aromatic carbocycles. The van der Waals surface area contributed by atoms with E-state index in [2.05, 4.69) is 11.9 Å². The van der Waals surface area contributed by atoms with Crippen molar-refractivity contribution in [2.24, 2.45) is 0 Å². The molecule has 0 aromatic rings. The third kappa shape index (κ3) is 4.23. The molecule has 1 N–H and O–H groups in total. The largest absolute Gasteiger partial charge is 0.307 e. The summed E-state index contributed by atoms with van der Waals surface area (Å²) >= 11 is 0. The average molecular weight is 181 g/mol. The Kier molecular flexibility index (Phi) is 4.16. The average Bonchev–Trinajstić information content (AvgIpc) is 2.51. The number of nitrogens with one attached hydrogen (secondary N) is 1. The van der Waals surface area contributed by atoms with Crippen LogP contribution in [0.1, 0.15) is 39.0 Å². The smallest absolute Gasteiger partial charge is 0.150 e. The van der Waals surface area contributed by atoms with E-state index in [1.807, 2.05) is 6.92 Å². The van der Waals surface area contributed by atoms with Crippen molar-refractivity contribution in [3.05, 3.63) is 12.2 Å². The van der Waals surface area contributed by atoms with Crippen molar-refractivity contribution in [3.8, 4) is 0 Å². The molecule has 0 heterocycles. The van der Waals surface area contributed by atoms with Gasteiger partial charge in [-0.2, -0.15) is 0 Å². The first-order valence-corrected chi connectivity index (χ1v) is 5.08. The van der Waals surface area contributed by atoms with Crippen molar-refractivity contribution in [1.82, 2.24) is 5.32 Å². The van der Waals surface area contributed by atoms with E-state index in [1.165, 1.54) is 25.7 Å². The molecule has 0 unspecified atom stereocenters. The molecule has 74 valence electrons. The van der Waals surface area contributed by atoms with Crippen molar-refractivity contribution in [3.63, 3.8) is 0 Å². The van der Waals surface area contributed by atoms with Crippen LogP contribution in [0, 0.1) is 0 Å². The van der Waals surface area contributed by atoms with Crippen LogP contribution in [-0.2, 0) is 4.79 Å². The fraction of sp³-hybridized carbons (Fsp3) is 0.727. The molecule has 13 heavy (non-hydrogen) atoms. The molecule has 1 fully saturated rings. The minimum Gasteiger partial charge on any atom is -0.307 e. The molecule has 0 spiro atoms. The van der Waals surface area contributed by atoms with Crippen LogP contribution in [-0.4, -0.2) is 18.4 Å². The summed E-state index contributed by atoms with van der Waals surface area (Å²) in [6.07, 6.45) is 5.62. The summed E-state index contributed by atoms with van der Waals surface area (Å²) in [5.41, 5.74) is 0.957. The van der Waals surface area contributed by atoms with Crippen molar-refractivity contribution >= 4 is 5.78 Å². The lowest BCUT2D eigenvalue weighted by atomic mass is 10.1. The van der Waals surface area contributed by atoms with Crippen molar-refractivity contribution in [2.45, 2.75) is 45.1 Å². The summed E-state index contributed by atoms with van der Waals surface area (Å²) in [5.74, 6) is 0.263. The van der Waals surface area contributed by atoms with Crippen LogP contribution in [0.2, 0.25) is 0 Å². The van der Waals surface area contributed by atoms with Crippen LogP contribution in [0.4, 0.5) is 0 Å². The van der Waals surface area contributed by atoms with Gasteiger partial charge in [0.25, 0.3) is 0 Å². The predicted molar refractivity (Wildman–Crippen MR) is 54.7 cm³/mol. The van der Waals surface area contributed by atoms with E-state index in [0.29, 0.717) is 19.0 Å². The monoisotopic (exact) mass is 181 g/mol. The van der Waals surface area contributed by atoms with Crippen LogP contribution in [0.25, 0.3) is 0 Å². The van der Waals surface area contributed by atoms with Gasteiger partial charge in [0.1, 0.15) is 0 Å². The van der Waals surface area contributed by atoms with Crippen LogP contribution in [0.3, 0.4) is 0 Å². The molecule has 1 aliphatic rings. The Morgan fingerprint density at radius 2 is 2.08 bits per heavy atom. The van der Waals surface area contributed by atoms with Crippen molar-refractivity contribution in [1.29, 1.82) is 0 Å². The highest BCUT2D eigenvalue weighted by atomic mass is 16.1. The first-order valence-electron chi connectivity index (χ1n) is 5.08. The number of Topliss-reactive ketones (excluding diaryl/α,β-unsaturated/α-hetero) is 1. The summed E-state index contributed by atoms with van der Waals surface area (Å²) in [4.78, 5) is 11.3. The lowest BCUT2D eigenvalue weighted by Gasteiger charge is -2.10. The molecule has 0 amide bonds. The predicted octanol–water partition coefficient (Wildman–Crippen LogP) is 2.05. The number of carbonyl (C=O) groups is 1. The second-order valence-electron chi connectivity index (χ2n) is 4.03. The minimum absolute atomic E-state index is 0.263. The standard InChI is InChI=1S/C11H19NO/c1-9(2)7-11(13)8-12-10-5-3-4-6-10/h10,12H,1,3-8H2,2H3. The Bertz CT molecular complexity index is 192. The Labute approximate surface area is 80.4 Å². The van der Waals surface area contributed by atoms with Gasteiger partial charge in [-0.15, -0.1) is 0 Å². The van der Waals surface area contributed by atoms with E-state index in [4.69, 9.17) is 0 Å². The van der Waals surface area contributed by atoms with Gasteiger partial charge >= 0.3 is 0 Å². The van der Waals surface area contributed by atoms with E-state index < -0.39 is 0 Å². The Morgan fingerprint density at radius 1 is 1.46 bits per heavy atom. The molecule has 0 radical (unpaired) electrons. The third-order valence-electron chi connectivity index (χ3n) is 2.44. The highest BCUT2D eigenvalue weighted by Gasteiger charge is 2.14. The SMILES string of the molecule is C=C(C)CC(=O)CNC1CCCC1. The second-order valence-corrected chi connectivity index (χ2v) is 4.03. The van der Waals surface area contributed by atoms with Crippen molar-refractivity contribution < 1.29 is 4.79 Å². The van der Waals surface area contributed by atoms with E-state index in [-0.39, 0.29) is 5.78 Å². The molecule has 1 aliphatic carbocycles. The molecule has 2 heteroatoms. The fourth-order valence-corrected chi connectivity index (χ4v) is 1.79. The Balaban J connectivity index is 2.10. The molecule has 1 saturated carbocycles.